The number of aromatic nitrogens is 3. The van der Waals surface area contributed by atoms with E-state index in [1.807, 2.05) is 12.3 Å². The number of carbonyl (C=O) groups excluding carboxylic acids is 1. The Hall–Kier alpha value is -2.17. The SMILES string of the molecule is CC(=O)C=CCc1c[nH]c2ncc(OCC(C)(C)C)nc12. The van der Waals surface area contributed by atoms with Gasteiger partial charge in [0.25, 0.3) is 0 Å². The Kier molecular flexibility index (Phi) is 4.40. The number of ketones is 1. The Morgan fingerprint density at radius 3 is 2.86 bits per heavy atom. The molecule has 2 aromatic rings. The van der Waals surface area contributed by atoms with Gasteiger partial charge in [0.2, 0.25) is 5.88 Å². The molecule has 0 aromatic carbocycles. The van der Waals surface area contributed by atoms with Crippen molar-refractivity contribution in [3.8, 4) is 5.88 Å². The first-order chi connectivity index (χ1) is 9.85. The fourth-order valence-electron chi connectivity index (χ4n) is 1.79. The summed E-state index contributed by atoms with van der Waals surface area (Å²) in [7, 11) is 0. The molecule has 0 saturated carbocycles. The van der Waals surface area contributed by atoms with Gasteiger partial charge in [0.05, 0.1) is 12.8 Å². The van der Waals surface area contributed by atoms with Gasteiger partial charge in [0.1, 0.15) is 5.52 Å². The predicted octanol–water partition coefficient (Wildman–Crippen LogP) is 3.07. The summed E-state index contributed by atoms with van der Waals surface area (Å²) in [4.78, 5) is 22.8. The molecule has 0 radical (unpaired) electrons. The fourth-order valence-corrected chi connectivity index (χ4v) is 1.79. The van der Waals surface area contributed by atoms with Gasteiger partial charge in [-0.05, 0) is 24.8 Å². The molecule has 0 aliphatic heterocycles. The van der Waals surface area contributed by atoms with E-state index >= 15 is 0 Å². The summed E-state index contributed by atoms with van der Waals surface area (Å²) in [5, 5.41) is 0. The van der Waals surface area contributed by atoms with E-state index in [0.717, 1.165) is 16.7 Å². The molecule has 112 valence electrons. The lowest BCUT2D eigenvalue weighted by atomic mass is 9.99. The van der Waals surface area contributed by atoms with Crippen molar-refractivity contribution in [2.24, 2.45) is 5.41 Å². The number of allylic oxidation sites excluding steroid dienone is 2. The van der Waals surface area contributed by atoms with E-state index in [9.17, 15) is 4.79 Å². The summed E-state index contributed by atoms with van der Waals surface area (Å²) in [6, 6.07) is 0. The Labute approximate surface area is 124 Å². The fraction of sp³-hybridized carbons (Fsp3) is 0.438. The van der Waals surface area contributed by atoms with Crippen LogP contribution in [0.4, 0.5) is 0 Å². The quantitative estimate of drug-likeness (QED) is 0.858. The van der Waals surface area contributed by atoms with Crippen LogP contribution >= 0.6 is 0 Å². The van der Waals surface area contributed by atoms with Crippen LogP contribution < -0.4 is 4.74 Å². The molecule has 0 aliphatic carbocycles. The third-order valence-corrected chi connectivity index (χ3v) is 2.78. The second-order valence-electron chi connectivity index (χ2n) is 6.29. The van der Waals surface area contributed by atoms with Gasteiger partial charge in [-0.1, -0.05) is 26.8 Å². The average Bonchev–Trinajstić information content (AvgIpc) is 2.78. The van der Waals surface area contributed by atoms with Crippen molar-refractivity contribution in [1.29, 1.82) is 0 Å². The zero-order chi connectivity index (χ0) is 15.5. The second kappa shape index (κ2) is 6.08. The minimum Gasteiger partial charge on any atom is -0.476 e. The number of aromatic amines is 1. The average molecular weight is 287 g/mol. The molecule has 0 bridgehead atoms. The number of ether oxygens (including phenoxy) is 1. The van der Waals surface area contributed by atoms with E-state index in [1.54, 1.807) is 12.3 Å². The number of hydrogen-bond donors (Lipinski definition) is 1. The zero-order valence-electron chi connectivity index (χ0n) is 12.9. The second-order valence-corrected chi connectivity index (χ2v) is 6.29. The van der Waals surface area contributed by atoms with Crippen LogP contribution in [-0.4, -0.2) is 27.3 Å². The topological polar surface area (TPSA) is 67.9 Å². The van der Waals surface area contributed by atoms with Crippen LogP contribution in [0.1, 0.15) is 33.3 Å². The Balaban J connectivity index is 2.18. The molecule has 0 fully saturated rings. The lowest BCUT2D eigenvalue weighted by molar-refractivity contribution is -0.112. The monoisotopic (exact) mass is 287 g/mol. The van der Waals surface area contributed by atoms with Gasteiger partial charge in [-0.3, -0.25) is 4.79 Å². The third-order valence-electron chi connectivity index (χ3n) is 2.78. The van der Waals surface area contributed by atoms with Crippen LogP contribution in [-0.2, 0) is 11.2 Å². The maximum atomic E-state index is 10.9. The summed E-state index contributed by atoms with van der Waals surface area (Å²) in [5.41, 5.74) is 2.58. The zero-order valence-corrected chi connectivity index (χ0v) is 12.9. The lowest BCUT2D eigenvalue weighted by Gasteiger charge is -2.17. The molecule has 0 spiro atoms. The minimum absolute atomic E-state index is 0.0372. The van der Waals surface area contributed by atoms with Crippen molar-refractivity contribution < 1.29 is 9.53 Å². The van der Waals surface area contributed by atoms with Gasteiger partial charge in [-0.15, -0.1) is 0 Å². The highest BCUT2D eigenvalue weighted by Gasteiger charge is 2.13. The van der Waals surface area contributed by atoms with Crippen LogP contribution in [0.5, 0.6) is 5.88 Å². The molecule has 2 rings (SSSR count). The molecular formula is C16H21N3O2. The van der Waals surface area contributed by atoms with Gasteiger partial charge in [-0.2, -0.15) is 0 Å². The molecular weight excluding hydrogens is 266 g/mol. The number of H-pyrrole nitrogens is 1. The van der Waals surface area contributed by atoms with Crippen LogP contribution in [0.3, 0.4) is 0 Å². The van der Waals surface area contributed by atoms with Gasteiger partial charge in [0.15, 0.2) is 11.4 Å². The highest BCUT2D eigenvalue weighted by atomic mass is 16.5. The van der Waals surface area contributed by atoms with Crippen molar-refractivity contribution in [2.75, 3.05) is 6.61 Å². The van der Waals surface area contributed by atoms with Crippen molar-refractivity contribution in [3.63, 3.8) is 0 Å². The van der Waals surface area contributed by atoms with Crippen molar-refractivity contribution in [3.05, 3.63) is 30.1 Å². The molecule has 5 nitrogen and oxygen atoms in total. The summed E-state index contributed by atoms with van der Waals surface area (Å²) < 4.78 is 5.69. The van der Waals surface area contributed by atoms with Crippen LogP contribution in [0.2, 0.25) is 0 Å². The predicted molar refractivity (Wildman–Crippen MR) is 82.4 cm³/mol. The smallest absolute Gasteiger partial charge is 0.233 e. The normalized spacial score (nSPS) is 12.2. The molecule has 0 unspecified atom stereocenters. The number of nitrogens with zero attached hydrogens (tertiary/aromatic N) is 2. The van der Waals surface area contributed by atoms with Crippen molar-refractivity contribution in [1.82, 2.24) is 15.0 Å². The van der Waals surface area contributed by atoms with Crippen LogP contribution in [0.25, 0.3) is 11.2 Å². The molecule has 2 aromatic heterocycles. The highest BCUT2D eigenvalue weighted by molar-refractivity contribution is 5.87. The van der Waals surface area contributed by atoms with Gasteiger partial charge < -0.3 is 9.72 Å². The molecule has 0 saturated heterocycles. The van der Waals surface area contributed by atoms with Gasteiger partial charge in [0, 0.05) is 11.8 Å². The molecule has 1 N–H and O–H groups in total. The first kappa shape index (κ1) is 15.2. The van der Waals surface area contributed by atoms with E-state index in [-0.39, 0.29) is 11.2 Å². The lowest BCUT2D eigenvalue weighted by Crippen LogP contribution is -2.17. The van der Waals surface area contributed by atoms with E-state index < -0.39 is 0 Å². The molecule has 0 amide bonds. The standard InChI is InChI=1S/C16H21N3O2/c1-11(20)6-5-7-12-8-17-15-14(12)19-13(9-18-15)21-10-16(2,3)4/h5-6,8-9H,7,10H2,1-4H3,(H,17,18). The van der Waals surface area contributed by atoms with E-state index in [0.29, 0.717) is 18.9 Å². The molecule has 5 heteroatoms. The molecule has 21 heavy (non-hydrogen) atoms. The number of nitrogens with one attached hydrogen (secondary N) is 1. The molecule has 0 aliphatic rings. The first-order valence-corrected chi connectivity index (χ1v) is 6.98. The number of rotatable bonds is 5. The number of fused-ring (bicyclic) bond motifs is 1. The summed E-state index contributed by atoms with van der Waals surface area (Å²) in [5.74, 6) is 0.559. The third kappa shape index (κ3) is 4.41. The Morgan fingerprint density at radius 2 is 2.19 bits per heavy atom. The largest absolute Gasteiger partial charge is 0.476 e. The molecule has 2 heterocycles. The maximum absolute atomic E-state index is 10.9. The first-order valence-electron chi connectivity index (χ1n) is 6.98. The van der Waals surface area contributed by atoms with Gasteiger partial charge in [-0.25, -0.2) is 9.97 Å². The van der Waals surface area contributed by atoms with Crippen molar-refractivity contribution in [2.45, 2.75) is 34.1 Å². The Bertz CT molecular complexity index is 666. The summed E-state index contributed by atoms with van der Waals surface area (Å²) >= 11 is 0. The van der Waals surface area contributed by atoms with Gasteiger partial charge >= 0.3 is 0 Å². The van der Waals surface area contributed by atoms with Crippen molar-refractivity contribution >= 4 is 16.9 Å². The van der Waals surface area contributed by atoms with E-state index in [4.69, 9.17) is 4.74 Å². The van der Waals surface area contributed by atoms with Crippen LogP contribution in [0.15, 0.2) is 24.5 Å². The Morgan fingerprint density at radius 1 is 1.43 bits per heavy atom. The summed E-state index contributed by atoms with van der Waals surface area (Å²) in [6.45, 7) is 8.43. The highest BCUT2D eigenvalue weighted by Crippen LogP contribution is 2.20. The van der Waals surface area contributed by atoms with E-state index in [1.165, 1.54) is 6.92 Å². The van der Waals surface area contributed by atoms with E-state index in [2.05, 4.69) is 35.7 Å². The summed E-state index contributed by atoms with van der Waals surface area (Å²) in [6.07, 6.45) is 7.51. The maximum Gasteiger partial charge on any atom is 0.233 e. The number of carbonyl (C=O) groups is 1. The van der Waals surface area contributed by atoms with Crippen LogP contribution in [0, 0.1) is 5.41 Å². The minimum atomic E-state index is 0.0372. The molecule has 0 atom stereocenters. The number of hydrogen-bond acceptors (Lipinski definition) is 4.